The Hall–Kier alpha value is -1.75. The molecule has 2 rings (SSSR count). The van der Waals surface area contributed by atoms with Crippen molar-refractivity contribution in [3.63, 3.8) is 0 Å². The zero-order valence-electron chi connectivity index (χ0n) is 13.3. The molecule has 2 N–H and O–H groups in total. The molecule has 0 amide bonds. The Morgan fingerprint density at radius 2 is 1.71 bits per heavy atom. The maximum atomic E-state index is 10.4. The van der Waals surface area contributed by atoms with E-state index >= 15 is 0 Å². The number of aryl methyl sites for hydroxylation is 3. The third kappa shape index (κ3) is 7.68. The van der Waals surface area contributed by atoms with Gasteiger partial charge in [-0.25, -0.2) is 18.0 Å². The first-order chi connectivity index (χ1) is 11.0. The van der Waals surface area contributed by atoms with Crippen LogP contribution < -0.4 is 4.57 Å². The topological polar surface area (TPSA) is 131 Å². The van der Waals surface area contributed by atoms with Gasteiger partial charge >= 0.3 is 0 Å². The zero-order chi connectivity index (χ0) is 18.4. The number of benzene rings is 1. The fraction of sp³-hybridized carbons (Fsp3) is 0.357. The third-order valence-corrected chi connectivity index (χ3v) is 4.74. The van der Waals surface area contributed by atoms with Gasteiger partial charge in [0.25, 0.3) is 15.9 Å². The van der Waals surface area contributed by atoms with Crippen LogP contribution in [-0.2, 0) is 26.8 Å². The summed E-state index contributed by atoms with van der Waals surface area (Å²) in [6.07, 6.45) is 4.03. The number of imidazole rings is 1. The second kappa shape index (κ2) is 8.38. The summed E-state index contributed by atoms with van der Waals surface area (Å²) >= 11 is 0. The SMILES string of the molecule is Cc1[nH]cc[n+]1CCCS(=O)(=O)O.Cc1ccc(S(=O)(=O)[O-])cc1. The summed E-state index contributed by atoms with van der Waals surface area (Å²) in [5.41, 5.74) is 0.928. The first-order valence-electron chi connectivity index (χ1n) is 7.00. The van der Waals surface area contributed by atoms with Gasteiger partial charge in [-0.1, -0.05) is 17.7 Å². The van der Waals surface area contributed by atoms with Gasteiger partial charge in [-0.05, 0) is 19.1 Å². The Balaban J connectivity index is 0.000000243. The maximum absolute atomic E-state index is 10.4. The third-order valence-electron chi connectivity index (χ3n) is 3.09. The van der Waals surface area contributed by atoms with Crippen molar-refractivity contribution in [2.45, 2.75) is 31.7 Å². The minimum atomic E-state index is -4.27. The van der Waals surface area contributed by atoms with Gasteiger partial charge in [0.1, 0.15) is 22.5 Å². The maximum Gasteiger partial charge on any atom is 0.265 e. The highest BCUT2D eigenvalue weighted by molar-refractivity contribution is 7.86. The van der Waals surface area contributed by atoms with E-state index < -0.39 is 20.2 Å². The Morgan fingerprint density at radius 1 is 1.12 bits per heavy atom. The van der Waals surface area contributed by atoms with Crippen LogP contribution in [0.25, 0.3) is 0 Å². The molecule has 1 aromatic heterocycles. The molecule has 24 heavy (non-hydrogen) atoms. The lowest BCUT2D eigenvalue weighted by atomic mass is 10.2. The summed E-state index contributed by atoms with van der Waals surface area (Å²) in [6.45, 7) is 4.31. The molecule has 2 aromatic rings. The number of aromatic amines is 1. The van der Waals surface area contributed by atoms with Crippen LogP contribution in [0.2, 0.25) is 0 Å². The largest absolute Gasteiger partial charge is 0.744 e. The number of aromatic nitrogens is 2. The van der Waals surface area contributed by atoms with Crippen molar-refractivity contribution in [1.29, 1.82) is 0 Å². The van der Waals surface area contributed by atoms with Crippen molar-refractivity contribution in [1.82, 2.24) is 4.98 Å². The highest BCUT2D eigenvalue weighted by Crippen LogP contribution is 2.08. The van der Waals surface area contributed by atoms with E-state index in [1.807, 2.05) is 24.6 Å². The first-order valence-corrected chi connectivity index (χ1v) is 10.0. The highest BCUT2D eigenvalue weighted by Gasteiger charge is 2.08. The molecule has 0 unspecified atom stereocenters. The standard InChI is InChI=1S/C7H12N2O3S.C7H8O3S/c1-7-8-3-5-9(7)4-2-6-13(10,11)12;1-6-2-4-7(5-3-6)11(8,9)10/h3,5H,2,4,6H2,1H3,(H,10,11,12);2-5H,1H3,(H,8,9,10). The van der Waals surface area contributed by atoms with Crippen LogP contribution in [0.1, 0.15) is 17.8 Å². The Labute approximate surface area is 141 Å². The monoisotopic (exact) mass is 376 g/mol. The van der Waals surface area contributed by atoms with Gasteiger partial charge in [0, 0.05) is 13.3 Å². The van der Waals surface area contributed by atoms with E-state index in [2.05, 4.69) is 4.98 Å². The van der Waals surface area contributed by atoms with Crippen LogP contribution in [-0.4, -0.2) is 36.7 Å². The van der Waals surface area contributed by atoms with E-state index in [0.29, 0.717) is 13.0 Å². The molecule has 134 valence electrons. The number of H-pyrrole nitrogens is 1. The average molecular weight is 376 g/mol. The van der Waals surface area contributed by atoms with E-state index in [0.717, 1.165) is 11.4 Å². The lowest BCUT2D eigenvalue weighted by Gasteiger charge is -2.05. The van der Waals surface area contributed by atoms with Gasteiger partial charge in [-0.3, -0.25) is 4.55 Å². The van der Waals surface area contributed by atoms with Gasteiger partial charge in [0.05, 0.1) is 17.2 Å². The summed E-state index contributed by atoms with van der Waals surface area (Å²) in [7, 11) is -8.08. The van der Waals surface area contributed by atoms with Gasteiger partial charge in [-0.15, -0.1) is 0 Å². The van der Waals surface area contributed by atoms with Crippen molar-refractivity contribution in [3.05, 3.63) is 48.0 Å². The summed E-state index contributed by atoms with van der Waals surface area (Å²) < 4.78 is 62.3. The minimum Gasteiger partial charge on any atom is -0.744 e. The smallest absolute Gasteiger partial charge is 0.265 e. The molecule has 0 aliphatic carbocycles. The minimum absolute atomic E-state index is 0.178. The molecule has 0 aliphatic rings. The molecule has 10 heteroatoms. The van der Waals surface area contributed by atoms with Gasteiger partial charge < -0.3 is 4.55 Å². The zero-order valence-corrected chi connectivity index (χ0v) is 15.0. The van der Waals surface area contributed by atoms with Gasteiger partial charge in [0.2, 0.25) is 0 Å². The first kappa shape index (κ1) is 20.3. The molecule has 0 atom stereocenters. The predicted octanol–water partition coefficient (Wildman–Crippen LogP) is 0.788. The summed E-state index contributed by atoms with van der Waals surface area (Å²) in [5, 5.41) is 0. The van der Waals surface area contributed by atoms with Crippen molar-refractivity contribution in [2.24, 2.45) is 0 Å². The van der Waals surface area contributed by atoms with Crippen LogP contribution in [0.15, 0.2) is 41.6 Å². The molecule has 1 aromatic carbocycles. The van der Waals surface area contributed by atoms with E-state index in [1.54, 1.807) is 18.3 Å². The second-order valence-electron chi connectivity index (χ2n) is 5.15. The second-order valence-corrected chi connectivity index (χ2v) is 8.10. The lowest BCUT2D eigenvalue weighted by Crippen LogP contribution is -2.35. The van der Waals surface area contributed by atoms with Crippen molar-refractivity contribution >= 4 is 20.2 Å². The number of hydrogen-bond acceptors (Lipinski definition) is 5. The van der Waals surface area contributed by atoms with Gasteiger partial charge in [-0.2, -0.15) is 8.42 Å². The summed E-state index contributed by atoms with van der Waals surface area (Å²) in [6, 6.07) is 5.78. The van der Waals surface area contributed by atoms with Crippen molar-refractivity contribution < 1.29 is 30.5 Å². The number of hydrogen-bond donors (Lipinski definition) is 2. The van der Waals surface area contributed by atoms with Crippen LogP contribution in [0, 0.1) is 13.8 Å². The number of nitrogens with one attached hydrogen (secondary N) is 1. The molecule has 0 radical (unpaired) electrons. The fourth-order valence-electron chi connectivity index (χ4n) is 1.81. The molecule has 8 nitrogen and oxygen atoms in total. The van der Waals surface area contributed by atoms with Gasteiger partial charge in [0.15, 0.2) is 0 Å². The Bertz CT molecular complexity index is 855. The van der Waals surface area contributed by atoms with Crippen molar-refractivity contribution in [3.8, 4) is 0 Å². The summed E-state index contributed by atoms with van der Waals surface area (Å²) in [4.78, 5) is 2.79. The van der Waals surface area contributed by atoms with E-state index in [4.69, 9.17) is 4.55 Å². The number of rotatable bonds is 5. The van der Waals surface area contributed by atoms with Crippen LogP contribution in [0.5, 0.6) is 0 Å². The molecular weight excluding hydrogens is 356 g/mol. The quantitative estimate of drug-likeness (QED) is 0.586. The van der Waals surface area contributed by atoms with Crippen LogP contribution >= 0.6 is 0 Å². The molecule has 0 saturated carbocycles. The van der Waals surface area contributed by atoms with E-state index in [-0.39, 0.29) is 10.6 Å². The lowest BCUT2D eigenvalue weighted by molar-refractivity contribution is -0.701. The Morgan fingerprint density at radius 3 is 2.12 bits per heavy atom. The Kier molecular flexibility index (Phi) is 7.08. The molecule has 0 aliphatic heterocycles. The molecule has 0 spiro atoms. The molecule has 0 saturated heterocycles. The summed E-state index contributed by atoms with van der Waals surface area (Å²) in [5.74, 6) is 0.778. The predicted molar refractivity (Wildman–Crippen MR) is 85.9 cm³/mol. The normalized spacial score (nSPS) is 11.7. The molecule has 0 fully saturated rings. The average Bonchev–Trinajstić information content (AvgIpc) is 2.83. The molecule has 1 heterocycles. The van der Waals surface area contributed by atoms with E-state index in [9.17, 15) is 21.4 Å². The number of nitrogens with zero attached hydrogens (tertiary/aromatic N) is 1. The highest BCUT2D eigenvalue weighted by atomic mass is 32.2. The van der Waals surface area contributed by atoms with Crippen molar-refractivity contribution in [2.75, 3.05) is 5.75 Å². The molecule has 0 bridgehead atoms. The fourth-order valence-corrected chi connectivity index (χ4v) is 2.77. The van der Waals surface area contributed by atoms with Crippen LogP contribution in [0.4, 0.5) is 0 Å². The van der Waals surface area contributed by atoms with Crippen LogP contribution in [0.3, 0.4) is 0 Å². The molecular formula is C14H20N2O6S2. The van der Waals surface area contributed by atoms with E-state index in [1.165, 1.54) is 12.1 Å².